The van der Waals surface area contributed by atoms with Gasteiger partial charge >= 0.3 is 6.03 Å². The van der Waals surface area contributed by atoms with Crippen molar-refractivity contribution < 1.29 is 4.79 Å². The quantitative estimate of drug-likeness (QED) is 0.799. The van der Waals surface area contributed by atoms with Gasteiger partial charge in [0, 0.05) is 37.1 Å². The van der Waals surface area contributed by atoms with Crippen molar-refractivity contribution in [1.82, 2.24) is 14.9 Å². The van der Waals surface area contributed by atoms with Crippen molar-refractivity contribution in [2.75, 3.05) is 11.9 Å². The van der Waals surface area contributed by atoms with Crippen LogP contribution in [0.15, 0.2) is 36.7 Å². The van der Waals surface area contributed by atoms with Crippen molar-refractivity contribution in [1.29, 1.82) is 0 Å². The number of nitrogens with one attached hydrogen (secondary N) is 2. The molecule has 0 aliphatic rings. The fourth-order valence-corrected chi connectivity index (χ4v) is 2.55. The van der Waals surface area contributed by atoms with Gasteiger partial charge in [0.15, 0.2) is 0 Å². The van der Waals surface area contributed by atoms with E-state index in [1.54, 1.807) is 0 Å². The predicted octanol–water partition coefficient (Wildman–Crippen LogP) is 4.22. The van der Waals surface area contributed by atoms with E-state index in [1.807, 2.05) is 30.6 Å². The minimum absolute atomic E-state index is 0.154. The van der Waals surface area contributed by atoms with E-state index in [0.29, 0.717) is 18.4 Å². The number of carbonyl (C=O) groups excluding carboxylic acids is 1. The summed E-state index contributed by atoms with van der Waals surface area (Å²) in [4.78, 5) is 16.3. The van der Waals surface area contributed by atoms with Crippen molar-refractivity contribution in [3.05, 3.63) is 48.0 Å². The van der Waals surface area contributed by atoms with Crippen molar-refractivity contribution in [3.63, 3.8) is 0 Å². The number of hydrogen-bond acceptors (Lipinski definition) is 2. The minimum atomic E-state index is -0.154. The van der Waals surface area contributed by atoms with Gasteiger partial charge in [-0.2, -0.15) is 0 Å². The van der Waals surface area contributed by atoms with Crippen LogP contribution in [0, 0.1) is 5.92 Å². The molecule has 5 heteroatoms. The summed E-state index contributed by atoms with van der Waals surface area (Å²) in [5.74, 6) is 2.03. The van der Waals surface area contributed by atoms with Gasteiger partial charge in [0.1, 0.15) is 5.82 Å². The molecule has 24 heavy (non-hydrogen) atoms. The monoisotopic (exact) mass is 328 g/mol. The molecule has 0 radical (unpaired) electrons. The zero-order valence-electron chi connectivity index (χ0n) is 15.0. The van der Waals surface area contributed by atoms with Crippen molar-refractivity contribution in [2.24, 2.45) is 5.92 Å². The van der Waals surface area contributed by atoms with Crippen LogP contribution in [0.5, 0.6) is 0 Å². The Bertz CT molecular complexity index is 661. The van der Waals surface area contributed by atoms with E-state index < -0.39 is 0 Å². The standard InChI is InChI=1S/C19H28N4O/c1-14(2)8-9-21-19(24)22-17-7-5-6-16(12-17)13-23-11-10-20-18(23)15(3)4/h5-7,10-12,14-15H,8-9,13H2,1-4H3,(H2,21,22,24). The van der Waals surface area contributed by atoms with Gasteiger partial charge in [0.2, 0.25) is 0 Å². The van der Waals surface area contributed by atoms with Crippen molar-refractivity contribution >= 4 is 11.7 Å². The molecule has 2 aromatic rings. The fraction of sp³-hybridized carbons (Fsp3) is 0.474. The fourth-order valence-electron chi connectivity index (χ4n) is 2.55. The second-order valence-corrected chi connectivity index (χ2v) is 6.83. The second-order valence-electron chi connectivity index (χ2n) is 6.83. The van der Waals surface area contributed by atoms with Crippen LogP contribution in [-0.2, 0) is 6.54 Å². The maximum atomic E-state index is 11.9. The number of urea groups is 1. The summed E-state index contributed by atoms with van der Waals surface area (Å²) in [5.41, 5.74) is 1.94. The molecule has 0 atom stereocenters. The number of amides is 2. The smallest absolute Gasteiger partial charge is 0.319 e. The molecule has 0 bridgehead atoms. The summed E-state index contributed by atoms with van der Waals surface area (Å²) in [7, 11) is 0. The first-order valence-corrected chi connectivity index (χ1v) is 8.60. The number of rotatable bonds is 7. The molecule has 0 saturated carbocycles. The largest absolute Gasteiger partial charge is 0.338 e. The summed E-state index contributed by atoms with van der Waals surface area (Å²) in [6.45, 7) is 10.00. The van der Waals surface area contributed by atoms with Gasteiger partial charge in [-0.05, 0) is 30.0 Å². The zero-order chi connectivity index (χ0) is 17.5. The summed E-state index contributed by atoms with van der Waals surface area (Å²) in [6.07, 6.45) is 4.81. The van der Waals surface area contributed by atoms with E-state index in [2.05, 4.69) is 53.9 Å². The molecule has 1 heterocycles. The zero-order valence-corrected chi connectivity index (χ0v) is 15.0. The SMILES string of the molecule is CC(C)CCNC(=O)Nc1cccc(Cn2ccnc2C(C)C)c1. The van der Waals surface area contributed by atoms with Gasteiger partial charge in [-0.1, -0.05) is 39.8 Å². The van der Waals surface area contributed by atoms with Gasteiger partial charge in [0.25, 0.3) is 0 Å². The summed E-state index contributed by atoms with van der Waals surface area (Å²) in [5, 5.41) is 5.78. The average Bonchev–Trinajstić information content (AvgIpc) is 2.95. The van der Waals surface area contributed by atoms with Crippen LogP contribution in [0.1, 0.15) is 51.4 Å². The van der Waals surface area contributed by atoms with Crippen molar-refractivity contribution in [2.45, 2.75) is 46.6 Å². The average molecular weight is 328 g/mol. The summed E-state index contributed by atoms with van der Waals surface area (Å²) >= 11 is 0. The Kier molecular flexibility index (Phi) is 6.41. The molecule has 2 N–H and O–H groups in total. The highest BCUT2D eigenvalue weighted by molar-refractivity contribution is 5.89. The van der Waals surface area contributed by atoms with Gasteiger partial charge in [-0.3, -0.25) is 0 Å². The number of imidazole rings is 1. The lowest BCUT2D eigenvalue weighted by Gasteiger charge is -2.12. The molecular formula is C19H28N4O. The topological polar surface area (TPSA) is 59.0 Å². The molecule has 2 amide bonds. The molecule has 0 saturated heterocycles. The molecule has 0 unspecified atom stereocenters. The molecule has 2 rings (SSSR count). The van der Waals surface area contributed by atoms with Crippen LogP contribution in [0.3, 0.4) is 0 Å². The highest BCUT2D eigenvalue weighted by Gasteiger charge is 2.08. The first-order valence-electron chi connectivity index (χ1n) is 8.60. The lowest BCUT2D eigenvalue weighted by atomic mass is 10.1. The minimum Gasteiger partial charge on any atom is -0.338 e. The number of anilines is 1. The second kappa shape index (κ2) is 8.52. The van der Waals surface area contributed by atoms with Crippen LogP contribution < -0.4 is 10.6 Å². The Balaban J connectivity index is 1.96. The first kappa shape index (κ1) is 18.0. The van der Waals surface area contributed by atoms with E-state index >= 15 is 0 Å². The number of nitrogens with zero attached hydrogens (tertiary/aromatic N) is 2. The predicted molar refractivity (Wildman–Crippen MR) is 98.3 cm³/mol. The van der Waals surface area contributed by atoms with Crippen LogP contribution >= 0.6 is 0 Å². The third-order valence-corrected chi connectivity index (χ3v) is 3.81. The van der Waals surface area contributed by atoms with Gasteiger partial charge in [-0.25, -0.2) is 9.78 Å². The number of carbonyl (C=O) groups is 1. The first-order chi connectivity index (χ1) is 11.5. The van der Waals surface area contributed by atoms with Gasteiger partial charge in [-0.15, -0.1) is 0 Å². The third kappa shape index (κ3) is 5.41. The van der Waals surface area contributed by atoms with E-state index in [-0.39, 0.29) is 6.03 Å². The van der Waals surface area contributed by atoms with Crippen LogP contribution in [0.4, 0.5) is 10.5 Å². The van der Waals surface area contributed by atoms with Gasteiger partial charge < -0.3 is 15.2 Å². The third-order valence-electron chi connectivity index (χ3n) is 3.81. The highest BCUT2D eigenvalue weighted by Crippen LogP contribution is 2.16. The lowest BCUT2D eigenvalue weighted by molar-refractivity contribution is 0.251. The molecule has 0 fully saturated rings. The number of aromatic nitrogens is 2. The van der Waals surface area contributed by atoms with Crippen LogP contribution in [-0.4, -0.2) is 22.1 Å². The molecule has 0 aliphatic heterocycles. The van der Waals surface area contributed by atoms with E-state index in [9.17, 15) is 4.79 Å². The number of benzene rings is 1. The van der Waals surface area contributed by atoms with Gasteiger partial charge in [0.05, 0.1) is 0 Å². The molecule has 1 aromatic carbocycles. The Morgan fingerprint density at radius 3 is 2.75 bits per heavy atom. The maximum absolute atomic E-state index is 11.9. The molecule has 130 valence electrons. The summed E-state index contributed by atoms with van der Waals surface area (Å²) in [6, 6.07) is 7.78. The molecule has 1 aromatic heterocycles. The van der Waals surface area contributed by atoms with E-state index in [1.165, 1.54) is 0 Å². The molecule has 5 nitrogen and oxygen atoms in total. The Hall–Kier alpha value is -2.30. The van der Waals surface area contributed by atoms with Crippen molar-refractivity contribution in [3.8, 4) is 0 Å². The van der Waals surface area contributed by atoms with Crippen LogP contribution in [0.25, 0.3) is 0 Å². The van der Waals surface area contributed by atoms with E-state index in [0.717, 1.165) is 30.0 Å². The Morgan fingerprint density at radius 1 is 1.25 bits per heavy atom. The van der Waals surface area contributed by atoms with Crippen LogP contribution in [0.2, 0.25) is 0 Å². The molecule has 0 spiro atoms. The highest BCUT2D eigenvalue weighted by atomic mass is 16.2. The Morgan fingerprint density at radius 2 is 2.04 bits per heavy atom. The summed E-state index contributed by atoms with van der Waals surface area (Å²) < 4.78 is 2.15. The normalized spacial score (nSPS) is 11.1. The molecule has 0 aliphatic carbocycles. The maximum Gasteiger partial charge on any atom is 0.319 e. The Labute approximate surface area is 144 Å². The lowest BCUT2D eigenvalue weighted by Crippen LogP contribution is -2.30. The van der Waals surface area contributed by atoms with E-state index in [4.69, 9.17) is 0 Å². The number of hydrogen-bond donors (Lipinski definition) is 2. The molecular weight excluding hydrogens is 300 g/mol.